The van der Waals surface area contributed by atoms with Crippen LogP contribution in [-0.4, -0.2) is 5.92 Å². The Labute approximate surface area is 335 Å². The topological polar surface area (TPSA) is 0 Å². The van der Waals surface area contributed by atoms with Gasteiger partial charge in [0.2, 0.25) is 0 Å². The average molecular weight is 852 g/mol. The Morgan fingerprint density at radius 2 is 0.926 bits per heavy atom. The Morgan fingerprint density at radius 3 is 1.26 bits per heavy atom. The van der Waals surface area contributed by atoms with E-state index in [1.54, 1.807) is 11.1 Å². The van der Waals surface area contributed by atoms with E-state index in [4.69, 9.17) is 17.0 Å². The first-order valence-electron chi connectivity index (χ1n) is 21.0. The Balaban J connectivity index is 1.37. The summed E-state index contributed by atoms with van der Waals surface area (Å²) in [6, 6.07) is 28.3. The van der Waals surface area contributed by atoms with E-state index in [-0.39, 0.29) is 7.25 Å². The Morgan fingerprint density at radius 1 is 0.574 bits per heavy atom. The third-order valence-corrected chi connectivity index (χ3v) is 66.3. The summed E-state index contributed by atoms with van der Waals surface area (Å²) in [5, 5.41) is 0. The van der Waals surface area contributed by atoms with Gasteiger partial charge in [-0.3, -0.25) is 0 Å². The van der Waals surface area contributed by atoms with E-state index in [2.05, 4.69) is 140 Å². The summed E-state index contributed by atoms with van der Waals surface area (Å²) in [5.41, 5.74) is 19.8. The van der Waals surface area contributed by atoms with Crippen LogP contribution in [0.5, 0.6) is 0 Å². The Hall–Kier alpha value is -1.96. The number of hydrogen-bond acceptors (Lipinski definition) is 0. The van der Waals surface area contributed by atoms with Crippen molar-refractivity contribution in [2.24, 2.45) is 10.8 Å². The van der Waals surface area contributed by atoms with Gasteiger partial charge in [0.05, 0.1) is 0 Å². The second-order valence-electron chi connectivity index (χ2n) is 19.4. The van der Waals surface area contributed by atoms with E-state index >= 15 is 0 Å². The molecule has 2 fully saturated rings. The molecule has 4 aliphatic rings. The molecular weight excluding hydrogens is 791 g/mol. The van der Waals surface area contributed by atoms with Crippen molar-refractivity contribution in [3.8, 4) is 22.3 Å². The molecule has 2 atom stereocenters. The van der Waals surface area contributed by atoms with E-state index in [1.165, 1.54) is 118 Å². The average Bonchev–Trinajstić information content (AvgIpc) is 3.89. The van der Waals surface area contributed by atoms with Gasteiger partial charge in [0.1, 0.15) is 0 Å². The molecule has 4 aromatic rings. The molecule has 2 saturated carbocycles. The number of hydrogen-bond donors (Lipinski definition) is 0. The number of allylic oxidation sites excluding steroid dienone is 2. The van der Waals surface area contributed by atoms with Crippen LogP contribution in [0, 0.1) is 38.5 Å². The normalized spacial score (nSPS) is 22.2. The van der Waals surface area contributed by atoms with Gasteiger partial charge < -0.3 is 0 Å². The van der Waals surface area contributed by atoms with Crippen LogP contribution in [0.3, 0.4) is 0 Å². The van der Waals surface area contributed by atoms with E-state index in [0.29, 0.717) is 10.8 Å². The minimum absolute atomic E-state index is 0.111. The number of rotatable bonds is 9. The first kappa shape index (κ1) is 38.9. The molecule has 0 spiro atoms. The zero-order chi connectivity index (χ0) is 38.2. The van der Waals surface area contributed by atoms with Crippen molar-refractivity contribution >= 4 is 35.1 Å². The summed E-state index contributed by atoms with van der Waals surface area (Å²) in [4.78, 5) is 0. The molecule has 4 aromatic carbocycles. The standard InChI is InChI=1S/2C24H27.C2H7Si.2ClH.Zr/c2*1-17-11-18(2)13-21(12-17)22-8-6-7-20-14-19(15-23(20)22)16-24(3)9-4-5-10-24;1-3-2;;;/h2*6-8,11-15H,4-5,9-10,16H2,1-3H3;3H,1-2H3;2*1H;/q;;;;;+2/p-2. The first-order valence-corrected chi connectivity index (χ1v) is 37.3. The molecule has 2 unspecified atom stereocenters. The summed E-state index contributed by atoms with van der Waals surface area (Å²) in [6.07, 6.45) is 17.9. The van der Waals surface area contributed by atoms with Crippen LogP contribution in [0.1, 0.15) is 130 Å². The zero-order valence-electron chi connectivity index (χ0n) is 34.1. The van der Waals surface area contributed by atoms with Crippen LogP contribution >= 0.6 is 17.0 Å². The van der Waals surface area contributed by atoms with Gasteiger partial charge in [-0.2, -0.15) is 0 Å². The Kier molecular flexibility index (Phi) is 10.2. The van der Waals surface area contributed by atoms with E-state index < -0.39 is 21.5 Å². The molecule has 0 amide bonds. The third-order valence-electron chi connectivity index (χ3n) is 14.5. The van der Waals surface area contributed by atoms with Crippen LogP contribution < -0.4 is 0 Å². The van der Waals surface area contributed by atoms with Gasteiger partial charge in [0, 0.05) is 0 Å². The molecule has 0 N–H and O–H groups in total. The fourth-order valence-electron chi connectivity index (χ4n) is 11.9. The fraction of sp³-hybridized carbons (Fsp3) is 0.440. The van der Waals surface area contributed by atoms with Gasteiger partial charge >= 0.3 is 338 Å². The minimum atomic E-state index is -5.02. The van der Waals surface area contributed by atoms with Crippen LogP contribution in [0.2, 0.25) is 13.1 Å². The fourth-order valence-corrected chi connectivity index (χ4v) is 43.2. The van der Waals surface area contributed by atoms with Gasteiger partial charge in [0.15, 0.2) is 0 Å². The maximum absolute atomic E-state index is 9.10. The van der Waals surface area contributed by atoms with Gasteiger partial charge in [-0.15, -0.1) is 0 Å². The van der Waals surface area contributed by atoms with Crippen LogP contribution in [0.4, 0.5) is 0 Å². The van der Waals surface area contributed by atoms with Crippen LogP contribution in [0.15, 0.2) is 83.9 Å². The second kappa shape index (κ2) is 14.1. The quantitative estimate of drug-likeness (QED) is 0.147. The molecule has 0 radical (unpaired) electrons. The molecule has 4 heteroatoms. The molecule has 0 aliphatic heterocycles. The predicted octanol–water partition coefficient (Wildman–Crippen LogP) is 15.8. The summed E-state index contributed by atoms with van der Waals surface area (Å²) in [5.74, 6) is -1.71. The Bertz CT molecular complexity index is 2000. The molecule has 0 nitrogen and oxygen atoms in total. The molecule has 8 rings (SSSR count). The van der Waals surface area contributed by atoms with E-state index in [9.17, 15) is 0 Å². The molecule has 54 heavy (non-hydrogen) atoms. The molecule has 0 bridgehead atoms. The molecule has 0 saturated heterocycles. The monoisotopic (exact) mass is 849 g/mol. The number of benzene rings is 4. The number of aryl methyl sites for hydroxylation is 4. The molecule has 0 heterocycles. The van der Waals surface area contributed by atoms with Crippen LogP contribution in [0.25, 0.3) is 34.4 Å². The zero-order valence-corrected chi connectivity index (χ0v) is 39.3. The maximum atomic E-state index is 9.10. The van der Waals surface area contributed by atoms with Crippen LogP contribution in [-0.2, 0) is 15.6 Å². The summed E-state index contributed by atoms with van der Waals surface area (Å²) < 4.78 is 0.223. The van der Waals surface area contributed by atoms with Gasteiger partial charge in [-0.1, -0.05) is 0 Å². The van der Waals surface area contributed by atoms with Gasteiger partial charge in [-0.25, -0.2) is 0 Å². The van der Waals surface area contributed by atoms with Crippen molar-refractivity contribution in [3.05, 3.63) is 128 Å². The van der Waals surface area contributed by atoms with Crippen molar-refractivity contribution in [1.29, 1.82) is 0 Å². The third kappa shape index (κ3) is 6.70. The molecule has 0 aromatic heterocycles. The van der Waals surface area contributed by atoms with Crippen molar-refractivity contribution < 1.29 is 15.6 Å². The molecule has 283 valence electrons. The summed E-state index contributed by atoms with van der Waals surface area (Å²) in [7, 11) is 18.2. The van der Waals surface area contributed by atoms with E-state index in [1.807, 2.05) is 0 Å². The number of fused-ring (bicyclic) bond motifs is 2. The molecule has 4 aliphatic carbocycles. The van der Waals surface area contributed by atoms with Crippen molar-refractivity contribution in [2.45, 2.75) is 126 Å². The van der Waals surface area contributed by atoms with Gasteiger partial charge in [-0.05, 0) is 0 Å². The number of halogens is 2. The molecular formula is C50H61Cl2SiZr. The van der Waals surface area contributed by atoms with Crippen molar-refractivity contribution in [2.75, 3.05) is 0 Å². The first-order chi connectivity index (χ1) is 25.6. The summed E-state index contributed by atoms with van der Waals surface area (Å²) >= 11 is -5.02. The second-order valence-corrected chi connectivity index (χ2v) is 62.0. The van der Waals surface area contributed by atoms with Crippen molar-refractivity contribution in [3.63, 3.8) is 0 Å². The summed E-state index contributed by atoms with van der Waals surface area (Å²) in [6.45, 7) is 19.1. The SMILES string of the molecule is Cc1cc(C)cc(-c2cccc3c2C=C(CC2(C)CCCC2)[CH]3[Zr]([Cl])([Cl])([CH]2C(CC3(C)CCCC3)=Cc3c(-c4cc(C)cc(C)c4)cccc32)[SiH](C)C)c1. The van der Waals surface area contributed by atoms with E-state index in [0.717, 1.165) is 12.8 Å². The van der Waals surface area contributed by atoms with Crippen molar-refractivity contribution in [1.82, 2.24) is 0 Å². The van der Waals surface area contributed by atoms with Gasteiger partial charge in [0.25, 0.3) is 0 Å². The predicted molar refractivity (Wildman–Crippen MR) is 237 cm³/mol.